The zero-order valence-corrected chi connectivity index (χ0v) is 23.9. The van der Waals surface area contributed by atoms with E-state index in [1.807, 2.05) is 36.4 Å². The van der Waals surface area contributed by atoms with E-state index in [0.29, 0.717) is 23.5 Å². The van der Waals surface area contributed by atoms with Gasteiger partial charge in [-0.25, -0.2) is 0 Å². The molecule has 0 saturated carbocycles. The number of nitrogen functional groups attached to an aromatic ring is 1. The number of amides is 3. The Morgan fingerprint density at radius 2 is 1.67 bits per heavy atom. The molecule has 11 nitrogen and oxygen atoms in total. The summed E-state index contributed by atoms with van der Waals surface area (Å²) in [6, 6.07) is 19.6. The molecule has 0 saturated heterocycles. The summed E-state index contributed by atoms with van der Waals surface area (Å²) in [5, 5.41) is 12.8. The lowest BCUT2D eigenvalue weighted by Gasteiger charge is -2.31. The minimum Gasteiger partial charge on any atom is -0.508 e. The molecular formula is C30H31N5O6S. The van der Waals surface area contributed by atoms with Crippen LogP contribution in [0.1, 0.15) is 42.9 Å². The molecule has 6 N–H and O–H groups in total. The van der Waals surface area contributed by atoms with Crippen molar-refractivity contribution in [1.29, 1.82) is 0 Å². The van der Waals surface area contributed by atoms with Crippen LogP contribution in [0.4, 0.5) is 5.69 Å². The Morgan fingerprint density at radius 1 is 0.976 bits per heavy atom. The second kappa shape index (κ2) is 13.5. The van der Waals surface area contributed by atoms with Crippen molar-refractivity contribution in [2.75, 3.05) is 26.5 Å². The standard InChI is InChI=1S/C30H31N5O6S/c1-40-22-13-8-18(16-23(22)41-2)14-15-35(30(39)27-24(31)25(28(32)37)34-42-27)26(20-9-11-21(36)12-10-20)29(38)33-17-19-6-4-3-5-7-19/h3-13,16,26,36H,14-15,17,31H2,1-2H3,(H2,32,37)(H,33,38)/t26-/m1/s1. The number of carbonyl (C=O) groups is 3. The first-order valence-electron chi connectivity index (χ1n) is 12.9. The van der Waals surface area contributed by atoms with E-state index in [1.54, 1.807) is 24.3 Å². The van der Waals surface area contributed by atoms with Gasteiger partial charge in [-0.05, 0) is 58.9 Å². The summed E-state index contributed by atoms with van der Waals surface area (Å²) in [7, 11) is 3.06. The number of aromatic nitrogens is 1. The third-order valence-electron chi connectivity index (χ3n) is 6.58. The van der Waals surface area contributed by atoms with Gasteiger partial charge in [-0.1, -0.05) is 48.5 Å². The van der Waals surface area contributed by atoms with Crippen molar-refractivity contribution >= 4 is 34.9 Å². The first-order valence-corrected chi connectivity index (χ1v) is 13.7. The molecule has 0 aliphatic carbocycles. The third-order valence-corrected chi connectivity index (χ3v) is 7.44. The minimum atomic E-state index is -1.12. The summed E-state index contributed by atoms with van der Waals surface area (Å²) in [5.74, 6) is -0.859. The van der Waals surface area contributed by atoms with Gasteiger partial charge in [0.05, 0.1) is 19.9 Å². The molecule has 0 spiro atoms. The summed E-state index contributed by atoms with van der Waals surface area (Å²) < 4.78 is 14.7. The first-order chi connectivity index (χ1) is 20.2. The highest BCUT2D eigenvalue weighted by molar-refractivity contribution is 7.09. The number of carbonyl (C=O) groups excluding carboxylic acids is 3. The number of ether oxygens (including phenoxy) is 2. The maximum atomic E-state index is 14.1. The second-order valence-electron chi connectivity index (χ2n) is 9.27. The van der Waals surface area contributed by atoms with Gasteiger partial charge in [0.1, 0.15) is 16.7 Å². The molecule has 218 valence electrons. The van der Waals surface area contributed by atoms with Crippen LogP contribution in [0.3, 0.4) is 0 Å². The maximum Gasteiger partial charge on any atom is 0.270 e. The van der Waals surface area contributed by atoms with Crippen LogP contribution in [0.15, 0.2) is 72.8 Å². The molecule has 12 heteroatoms. The van der Waals surface area contributed by atoms with Crippen LogP contribution in [-0.4, -0.2) is 52.9 Å². The summed E-state index contributed by atoms with van der Waals surface area (Å²) in [6.45, 7) is 0.294. The Morgan fingerprint density at radius 3 is 2.29 bits per heavy atom. The summed E-state index contributed by atoms with van der Waals surface area (Å²) in [5.41, 5.74) is 13.3. The Labute approximate surface area is 246 Å². The van der Waals surface area contributed by atoms with Gasteiger partial charge in [0.25, 0.3) is 11.8 Å². The van der Waals surface area contributed by atoms with Crippen LogP contribution < -0.4 is 26.3 Å². The van der Waals surface area contributed by atoms with Crippen LogP contribution in [0.5, 0.6) is 17.2 Å². The van der Waals surface area contributed by atoms with E-state index in [4.69, 9.17) is 20.9 Å². The molecule has 1 heterocycles. The number of methoxy groups -OCH3 is 2. The Bertz CT molecular complexity index is 1560. The van der Waals surface area contributed by atoms with E-state index in [-0.39, 0.29) is 35.1 Å². The second-order valence-corrected chi connectivity index (χ2v) is 10.0. The average molecular weight is 590 g/mol. The van der Waals surface area contributed by atoms with Crippen molar-refractivity contribution in [2.45, 2.75) is 19.0 Å². The molecule has 4 aromatic rings. The Balaban J connectivity index is 1.74. The van der Waals surface area contributed by atoms with Gasteiger partial charge in [0.15, 0.2) is 17.2 Å². The predicted octanol–water partition coefficient (Wildman–Crippen LogP) is 3.29. The average Bonchev–Trinajstić information content (AvgIpc) is 3.40. The van der Waals surface area contributed by atoms with Gasteiger partial charge < -0.3 is 36.3 Å². The zero-order chi connectivity index (χ0) is 30.2. The van der Waals surface area contributed by atoms with Crippen molar-refractivity contribution in [3.8, 4) is 17.2 Å². The molecule has 0 unspecified atom stereocenters. The summed E-state index contributed by atoms with van der Waals surface area (Å²) in [4.78, 5) is 41.1. The Kier molecular flexibility index (Phi) is 9.61. The van der Waals surface area contributed by atoms with Gasteiger partial charge >= 0.3 is 0 Å². The van der Waals surface area contributed by atoms with Gasteiger partial charge in [-0.2, -0.15) is 4.37 Å². The number of nitrogens with two attached hydrogens (primary N) is 2. The lowest BCUT2D eigenvalue weighted by atomic mass is 10.0. The lowest BCUT2D eigenvalue weighted by molar-refractivity contribution is -0.126. The van der Waals surface area contributed by atoms with Gasteiger partial charge in [0.2, 0.25) is 5.91 Å². The van der Waals surface area contributed by atoms with Crippen molar-refractivity contribution < 1.29 is 29.0 Å². The van der Waals surface area contributed by atoms with E-state index in [2.05, 4.69) is 9.69 Å². The smallest absolute Gasteiger partial charge is 0.270 e. The summed E-state index contributed by atoms with van der Waals surface area (Å²) >= 11 is 0.735. The van der Waals surface area contributed by atoms with Crippen LogP contribution in [0.2, 0.25) is 0 Å². The van der Waals surface area contributed by atoms with Gasteiger partial charge in [-0.15, -0.1) is 0 Å². The number of phenolic OH excluding ortho intramolecular Hbond substituents is 1. The number of phenols is 1. The highest BCUT2D eigenvalue weighted by atomic mass is 32.1. The van der Waals surface area contributed by atoms with Crippen molar-refractivity contribution in [2.24, 2.45) is 5.73 Å². The monoisotopic (exact) mass is 589 g/mol. The van der Waals surface area contributed by atoms with E-state index in [9.17, 15) is 19.5 Å². The van der Waals surface area contributed by atoms with Crippen LogP contribution >= 0.6 is 11.5 Å². The fourth-order valence-corrected chi connectivity index (χ4v) is 5.17. The number of benzene rings is 3. The van der Waals surface area contributed by atoms with Crippen molar-refractivity contribution in [3.05, 3.63) is 100 Å². The molecular weight excluding hydrogens is 558 g/mol. The number of anilines is 1. The van der Waals surface area contributed by atoms with E-state index < -0.39 is 23.8 Å². The van der Waals surface area contributed by atoms with Crippen molar-refractivity contribution in [3.63, 3.8) is 0 Å². The predicted molar refractivity (Wildman–Crippen MR) is 158 cm³/mol. The molecule has 0 aliphatic heterocycles. The fraction of sp³-hybridized carbons (Fsp3) is 0.200. The molecule has 3 aromatic carbocycles. The quantitative estimate of drug-likeness (QED) is 0.195. The Hall–Kier alpha value is -5.10. The fourth-order valence-electron chi connectivity index (χ4n) is 4.40. The number of primary amides is 1. The van der Waals surface area contributed by atoms with Crippen LogP contribution in [0.25, 0.3) is 0 Å². The molecule has 0 aliphatic rings. The number of hydrogen-bond acceptors (Lipinski definition) is 9. The molecule has 0 radical (unpaired) electrons. The minimum absolute atomic E-state index is 0.00296. The third kappa shape index (κ3) is 6.78. The topological polar surface area (TPSA) is 170 Å². The van der Waals surface area contributed by atoms with Gasteiger partial charge in [0, 0.05) is 13.1 Å². The first kappa shape index (κ1) is 29.9. The molecule has 4 rings (SSSR count). The van der Waals surface area contributed by atoms with Gasteiger partial charge in [-0.3, -0.25) is 14.4 Å². The van der Waals surface area contributed by atoms with Crippen molar-refractivity contribution in [1.82, 2.24) is 14.6 Å². The van der Waals surface area contributed by atoms with Crippen LogP contribution in [0, 0.1) is 0 Å². The molecule has 0 bridgehead atoms. The zero-order valence-electron chi connectivity index (χ0n) is 23.1. The largest absolute Gasteiger partial charge is 0.508 e. The lowest BCUT2D eigenvalue weighted by Crippen LogP contribution is -2.44. The summed E-state index contributed by atoms with van der Waals surface area (Å²) in [6.07, 6.45) is 0.327. The molecule has 42 heavy (non-hydrogen) atoms. The van der Waals surface area contributed by atoms with E-state index in [0.717, 1.165) is 22.7 Å². The SMILES string of the molecule is COc1ccc(CCN(C(=O)c2snc(C(N)=O)c2N)[C@@H](C(=O)NCc2ccccc2)c2ccc(O)cc2)cc1OC. The number of nitrogens with one attached hydrogen (secondary N) is 1. The number of aromatic hydroxyl groups is 1. The molecule has 1 atom stereocenters. The molecule has 3 amide bonds. The number of nitrogens with zero attached hydrogens (tertiary/aromatic N) is 2. The number of rotatable bonds is 12. The highest BCUT2D eigenvalue weighted by Crippen LogP contribution is 2.31. The number of hydrogen-bond donors (Lipinski definition) is 4. The normalized spacial score (nSPS) is 11.4. The molecule has 1 aromatic heterocycles. The highest BCUT2D eigenvalue weighted by Gasteiger charge is 2.34. The van der Waals surface area contributed by atoms with E-state index >= 15 is 0 Å². The van der Waals surface area contributed by atoms with E-state index in [1.165, 1.54) is 31.3 Å². The van der Waals surface area contributed by atoms with Crippen LogP contribution in [-0.2, 0) is 17.8 Å². The maximum absolute atomic E-state index is 14.1. The molecule has 0 fully saturated rings.